The highest BCUT2D eigenvalue weighted by Gasteiger charge is 2.37. The molecule has 0 radical (unpaired) electrons. The summed E-state index contributed by atoms with van der Waals surface area (Å²) in [7, 11) is 3.45. The molecule has 2 atom stereocenters. The number of hydrogen-bond donors (Lipinski definition) is 1. The van der Waals surface area contributed by atoms with Gasteiger partial charge in [0, 0.05) is 27.2 Å². The third kappa shape index (κ3) is 3.24. The second kappa shape index (κ2) is 6.72. The number of likely N-dealkylation sites (N-methyl/N-ethyl adjacent to an activating group) is 1. The first kappa shape index (κ1) is 15.5. The van der Waals surface area contributed by atoms with Gasteiger partial charge in [-0.1, -0.05) is 30.3 Å². The average Bonchev–Trinajstić information content (AvgIpc) is 2.97. The number of carbonyl (C=O) groups is 2. The van der Waals surface area contributed by atoms with Gasteiger partial charge >= 0.3 is 0 Å². The van der Waals surface area contributed by atoms with E-state index in [4.69, 9.17) is 5.73 Å². The van der Waals surface area contributed by atoms with Gasteiger partial charge in [-0.25, -0.2) is 0 Å². The standard InChI is InChI=1S/C16H23N3O2/c1-18(2)16(21)14-9-6-10-19(14)15(20)13(11-17)12-7-4-3-5-8-12/h3-5,7-8,13-14H,6,9-11,17H2,1-2H3. The highest BCUT2D eigenvalue weighted by atomic mass is 16.2. The minimum Gasteiger partial charge on any atom is -0.347 e. The van der Waals surface area contributed by atoms with Crippen LogP contribution in [-0.2, 0) is 9.59 Å². The molecule has 114 valence electrons. The molecule has 1 aliphatic rings. The average molecular weight is 289 g/mol. The molecule has 2 amide bonds. The first-order valence-electron chi connectivity index (χ1n) is 7.33. The van der Waals surface area contributed by atoms with Crippen LogP contribution in [0.3, 0.4) is 0 Å². The van der Waals surface area contributed by atoms with Crippen molar-refractivity contribution >= 4 is 11.8 Å². The molecule has 2 rings (SSSR count). The third-order valence-electron chi connectivity index (χ3n) is 4.00. The van der Waals surface area contributed by atoms with E-state index < -0.39 is 0 Å². The predicted octanol–water partition coefficient (Wildman–Crippen LogP) is 0.808. The fourth-order valence-corrected chi connectivity index (χ4v) is 2.85. The number of nitrogens with zero attached hydrogens (tertiary/aromatic N) is 2. The fraction of sp³-hybridized carbons (Fsp3) is 0.500. The van der Waals surface area contributed by atoms with Crippen molar-refractivity contribution < 1.29 is 9.59 Å². The molecular formula is C16H23N3O2. The first-order valence-corrected chi connectivity index (χ1v) is 7.33. The Morgan fingerprint density at radius 1 is 1.33 bits per heavy atom. The van der Waals surface area contributed by atoms with Crippen LogP contribution in [0.5, 0.6) is 0 Å². The van der Waals surface area contributed by atoms with Crippen molar-refractivity contribution in [1.29, 1.82) is 0 Å². The molecule has 1 saturated heterocycles. The van der Waals surface area contributed by atoms with E-state index in [1.807, 2.05) is 30.3 Å². The zero-order valence-electron chi connectivity index (χ0n) is 12.7. The number of benzene rings is 1. The normalized spacial score (nSPS) is 19.4. The lowest BCUT2D eigenvalue weighted by Crippen LogP contribution is -2.47. The van der Waals surface area contributed by atoms with E-state index in [-0.39, 0.29) is 30.3 Å². The molecule has 1 aromatic rings. The van der Waals surface area contributed by atoms with E-state index in [2.05, 4.69) is 0 Å². The van der Waals surface area contributed by atoms with E-state index in [1.165, 1.54) is 0 Å². The van der Waals surface area contributed by atoms with Gasteiger partial charge in [0.2, 0.25) is 11.8 Å². The van der Waals surface area contributed by atoms with Crippen LogP contribution in [0.2, 0.25) is 0 Å². The molecule has 0 saturated carbocycles. The summed E-state index contributed by atoms with van der Waals surface area (Å²) >= 11 is 0. The lowest BCUT2D eigenvalue weighted by molar-refractivity contribution is -0.143. The van der Waals surface area contributed by atoms with Crippen molar-refractivity contribution in [2.75, 3.05) is 27.2 Å². The maximum Gasteiger partial charge on any atom is 0.244 e. The summed E-state index contributed by atoms with van der Waals surface area (Å²) < 4.78 is 0. The molecular weight excluding hydrogens is 266 g/mol. The summed E-state index contributed by atoms with van der Waals surface area (Å²) in [5.41, 5.74) is 6.72. The minimum atomic E-state index is -0.373. The van der Waals surface area contributed by atoms with Crippen LogP contribution in [0.15, 0.2) is 30.3 Å². The van der Waals surface area contributed by atoms with Crippen LogP contribution >= 0.6 is 0 Å². The molecule has 0 aromatic heterocycles. The van der Waals surface area contributed by atoms with Gasteiger partial charge in [-0.2, -0.15) is 0 Å². The second-order valence-electron chi connectivity index (χ2n) is 5.62. The van der Waals surface area contributed by atoms with Crippen LogP contribution in [0.25, 0.3) is 0 Å². The lowest BCUT2D eigenvalue weighted by atomic mass is 9.97. The van der Waals surface area contributed by atoms with Gasteiger partial charge in [0.15, 0.2) is 0 Å². The number of carbonyl (C=O) groups excluding carboxylic acids is 2. The van der Waals surface area contributed by atoms with Crippen LogP contribution in [0, 0.1) is 0 Å². The number of rotatable bonds is 4. The Morgan fingerprint density at radius 2 is 2.00 bits per heavy atom. The smallest absolute Gasteiger partial charge is 0.244 e. The molecule has 2 N–H and O–H groups in total. The van der Waals surface area contributed by atoms with Gasteiger partial charge in [-0.3, -0.25) is 9.59 Å². The molecule has 1 heterocycles. The van der Waals surface area contributed by atoms with Crippen LogP contribution in [-0.4, -0.2) is 54.8 Å². The molecule has 0 spiro atoms. The fourth-order valence-electron chi connectivity index (χ4n) is 2.85. The highest BCUT2D eigenvalue weighted by Crippen LogP contribution is 2.25. The maximum atomic E-state index is 12.8. The minimum absolute atomic E-state index is 0.00955. The van der Waals surface area contributed by atoms with Gasteiger partial charge in [-0.05, 0) is 18.4 Å². The van der Waals surface area contributed by atoms with Crippen molar-refractivity contribution in [3.8, 4) is 0 Å². The Morgan fingerprint density at radius 3 is 2.57 bits per heavy atom. The third-order valence-corrected chi connectivity index (χ3v) is 4.00. The number of likely N-dealkylation sites (tertiary alicyclic amines) is 1. The van der Waals surface area contributed by atoms with Crippen molar-refractivity contribution in [3.63, 3.8) is 0 Å². The molecule has 5 nitrogen and oxygen atoms in total. The van der Waals surface area contributed by atoms with Gasteiger partial charge in [0.05, 0.1) is 5.92 Å². The van der Waals surface area contributed by atoms with Gasteiger partial charge in [0.1, 0.15) is 6.04 Å². The van der Waals surface area contributed by atoms with Gasteiger partial charge in [0.25, 0.3) is 0 Å². The number of nitrogens with two attached hydrogens (primary N) is 1. The van der Waals surface area contributed by atoms with E-state index in [0.29, 0.717) is 6.54 Å². The first-order chi connectivity index (χ1) is 10.1. The Kier molecular flexibility index (Phi) is 4.96. The van der Waals surface area contributed by atoms with Crippen molar-refractivity contribution in [1.82, 2.24) is 9.80 Å². The van der Waals surface area contributed by atoms with E-state index in [9.17, 15) is 9.59 Å². The Balaban J connectivity index is 2.19. The topological polar surface area (TPSA) is 66.6 Å². The molecule has 1 fully saturated rings. The molecule has 5 heteroatoms. The molecule has 0 aliphatic carbocycles. The zero-order chi connectivity index (χ0) is 15.4. The summed E-state index contributed by atoms with van der Waals surface area (Å²) in [5, 5.41) is 0. The van der Waals surface area contributed by atoms with Crippen molar-refractivity contribution in [2.45, 2.75) is 24.8 Å². The largest absolute Gasteiger partial charge is 0.347 e. The SMILES string of the molecule is CN(C)C(=O)C1CCCN1C(=O)C(CN)c1ccccc1. The molecule has 0 bridgehead atoms. The lowest BCUT2D eigenvalue weighted by Gasteiger charge is -2.29. The summed E-state index contributed by atoms with van der Waals surface area (Å²) in [4.78, 5) is 28.3. The highest BCUT2D eigenvalue weighted by molar-refractivity contribution is 5.91. The number of amides is 2. The second-order valence-corrected chi connectivity index (χ2v) is 5.62. The molecule has 1 aromatic carbocycles. The van der Waals surface area contributed by atoms with Gasteiger partial charge < -0.3 is 15.5 Å². The summed E-state index contributed by atoms with van der Waals surface area (Å²) in [6.45, 7) is 0.884. The Bertz CT molecular complexity index is 502. The Hall–Kier alpha value is -1.88. The van der Waals surface area contributed by atoms with E-state index in [1.54, 1.807) is 23.9 Å². The predicted molar refractivity (Wildman–Crippen MR) is 81.7 cm³/mol. The van der Waals surface area contributed by atoms with Crippen molar-refractivity contribution in [3.05, 3.63) is 35.9 Å². The quantitative estimate of drug-likeness (QED) is 0.892. The van der Waals surface area contributed by atoms with E-state index >= 15 is 0 Å². The summed E-state index contributed by atoms with van der Waals surface area (Å²) in [6, 6.07) is 9.19. The maximum absolute atomic E-state index is 12.8. The summed E-state index contributed by atoms with van der Waals surface area (Å²) in [6.07, 6.45) is 1.59. The molecule has 1 aliphatic heterocycles. The molecule has 21 heavy (non-hydrogen) atoms. The van der Waals surface area contributed by atoms with Crippen LogP contribution in [0.4, 0.5) is 0 Å². The summed E-state index contributed by atoms with van der Waals surface area (Å²) in [5.74, 6) is -0.423. The Labute approximate surface area is 125 Å². The number of hydrogen-bond acceptors (Lipinski definition) is 3. The van der Waals surface area contributed by atoms with Crippen LogP contribution < -0.4 is 5.73 Å². The monoisotopic (exact) mass is 289 g/mol. The van der Waals surface area contributed by atoms with Crippen LogP contribution in [0.1, 0.15) is 24.3 Å². The van der Waals surface area contributed by atoms with Crippen molar-refractivity contribution in [2.24, 2.45) is 5.73 Å². The van der Waals surface area contributed by atoms with E-state index in [0.717, 1.165) is 18.4 Å². The zero-order valence-corrected chi connectivity index (χ0v) is 12.7. The molecule has 2 unspecified atom stereocenters. The van der Waals surface area contributed by atoms with Gasteiger partial charge in [-0.15, -0.1) is 0 Å².